The van der Waals surface area contributed by atoms with Gasteiger partial charge in [-0.3, -0.25) is 14.3 Å². The van der Waals surface area contributed by atoms with E-state index in [0.29, 0.717) is 5.69 Å². The summed E-state index contributed by atoms with van der Waals surface area (Å²) in [6.07, 6.45) is 0.892. The van der Waals surface area contributed by atoms with Gasteiger partial charge < -0.3 is 10.4 Å². The number of nitrogens with zero attached hydrogens (tertiary/aromatic N) is 1. The predicted octanol–water partition coefficient (Wildman–Crippen LogP) is 2.84. The molecule has 0 aliphatic carbocycles. The van der Waals surface area contributed by atoms with Crippen LogP contribution >= 0.6 is 12.2 Å². The number of fused-ring (bicyclic) bond motifs is 1. The third kappa shape index (κ3) is 2.69. The number of aromatic nitrogens is 2. The van der Waals surface area contributed by atoms with Crippen molar-refractivity contribution < 1.29 is 5.11 Å². The summed E-state index contributed by atoms with van der Waals surface area (Å²) in [7, 11) is 0. The third-order valence-corrected chi connectivity index (χ3v) is 4.82. The van der Waals surface area contributed by atoms with Gasteiger partial charge in [0, 0.05) is 6.54 Å². The highest BCUT2D eigenvalue weighted by Crippen LogP contribution is 2.32. The lowest BCUT2D eigenvalue weighted by molar-refractivity contribution is 0.413. The molecule has 1 aliphatic rings. The van der Waals surface area contributed by atoms with Gasteiger partial charge in [0.05, 0.1) is 17.3 Å². The lowest BCUT2D eigenvalue weighted by Gasteiger charge is -2.27. The Balaban J connectivity index is 1.96. The van der Waals surface area contributed by atoms with Crippen LogP contribution in [0.5, 0.6) is 5.88 Å². The van der Waals surface area contributed by atoms with Crippen LogP contribution in [-0.4, -0.2) is 21.2 Å². The maximum atomic E-state index is 12.6. The molecule has 1 aliphatic heterocycles. The zero-order chi connectivity index (χ0) is 17.4. The summed E-state index contributed by atoms with van der Waals surface area (Å²) in [5.41, 5.74) is 2.80. The normalized spacial score (nSPS) is 16.4. The van der Waals surface area contributed by atoms with Crippen molar-refractivity contribution in [2.75, 3.05) is 6.54 Å². The van der Waals surface area contributed by atoms with E-state index in [0.717, 1.165) is 18.5 Å². The molecule has 0 saturated carbocycles. The van der Waals surface area contributed by atoms with Gasteiger partial charge in [-0.05, 0) is 41.9 Å². The van der Waals surface area contributed by atoms with Crippen molar-refractivity contribution in [1.29, 1.82) is 0 Å². The van der Waals surface area contributed by atoms with Gasteiger partial charge in [0.1, 0.15) is 0 Å². The fourth-order valence-electron chi connectivity index (χ4n) is 3.38. The Hall–Kier alpha value is -2.70. The second-order valence-electron chi connectivity index (χ2n) is 6.00. The first kappa shape index (κ1) is 15.8. The number of aromatic hydroxyl groups is 1. The molecule has 25 heavy (non-hydrogen) atoms. The predicted molar refractivity (Wildman–Crippen MR) is 98.9 cm³/mol. The van der Waals surface area contributed by atoms with Crippen molar-refractivity contribution in [3.8, 4) is 11.6 Å². The van der Waals surface area contributed by atoms with Crippen molar-refractivity contribution in [3.05, 3.63) is 86.4 Å². The summed E-state index contributed by atoms with van der Waals surface area (Å²) < 4.78 is 1.66. The summed E-state index contributed by atoms with van der Waals surface area (Å²) in [5.74, 6) is -0.130. The quantitative estimate of drug-likeness (QED) is 0.621. The average Bonchev–Trinajstić information content (AvgIpc) is 2.62. The second-order valence-corrected chi connectivity index (χ2v) is 6.39. The van der Waals surface area contributed by atoms with Gasteiger partial charge in [0.2, 0.25) is 5.88 Å². The fraction of sp³-hybridized carbons (Fsp3) is 0.158. The summed E-state index contributed by atoms with van der Waals surface area (Å²) in [6, 6.07) is 16.9. The van der Waals surface area contributed by atoms with E-state index < -0.39 is 0 Å². The molecule has 3 aromatic rings. The summed E-state index contributed by atoms with van der Waals surface area (Å²) in [6.45, 7) is 0.738. The molecule has 4 rings (SSSR count). The van der Waals surface area contributed by atoms with E-state index in [2.05, 4.69) is 16.4 Å². The van der Waals surface area contributed by atoms with Crippen LogP contribution in [0.15, 0.2) is 59.4 Å². The number of H-pyrrole nitrogens is 1. The number of hydrogen-bond donors (Lipinski definition) is 3. The Bertz CT molecular complexity index is 1040. The molecule has 0 spiro atoms. The first-order valence-electron chi connectivity index (χ1n) is 8.11. The van der Waals surface area contributed by atoms with Crippen LogP contribution in [0, 0.1) is 4.77 Å². The van der Waals surface area contributed by atoms with Crippen LogP contribution in [0.4, 0.5) is 0 Å². The molecule has 3 N–H and O–H groups in total. The number of para-hydroxylation sites is 1. The number of hydrogen-bond acceptors (Lipinski definition) is 4. The summed E-state index contributed by atoms with van der Waals surface area (Å²) >= 11 is 5.27. The summed E-state index contributed by atoms with van der Waals surface area (Å²) in [4.78, 5) is 15.3. The van der Waals surface area contributed by atoms with E-state index in [9.17, 15) is 9.90 Å². The molecular formula is C19H17N3O2S. The Morgan fingerprint density at radius 1 is 1.08 bits per heavy atom. The van der Waals surface area contributed by atoms with E-state index in [-0.39, 0.29) is 27.8 Å². The highest BCUT2D eigenvalue weighted by Gasteiger charge is 2.28. The SMILES string of the molecule is O=c1[nH]c(=S)n(-c2ccccc2)c(O)c1[C@H]1NCCc2ccccc21. The Labute approximate surface area is 149 Å². The largest absolute Gasteiger partial charge is 0.494 e. The molecule has 2 heterocycles. The highest BCUT2D eigenvalue weighted by atomic mass is 32.1. The van der Waals surface area contributed by atoms with Gasteiger partial charge in [-0.2, -0.15) is 0 Å². The van der Waals surface area contributed by atoms with E-state index in [4.69, 9.17) is 12.2 Å². The van der Waals surface area contributed by atoms with Gasteiger partial charge in [-0.1, -0.05) is 42.5 Å². The molecule has 0 fully saturated rings. The second kappa shape index (κ2) is 6.31. The molecule has 6 heteroatoms. The molecule has 0 radical (unpaired) electrons. The molecule has 2 aromatic carbocycles. The first-order chi connectivity index (χ1) is 12.2. The van der Waals surface area contributed by atoms with Crippen LogP contribution < -0.4 is 10.9 Å². The van der Waals surface area contributed by atoms with Crippen molar-refractivity contribution in [2.24, 2.45) is 0 Å². The van der Waals surface area contributed by atoms with Gasteiger partial charge in [0.25, 0.3) is 5.56 Å². The van der Waals surface area contributed by atoms with E-state index in [1.807, 2.05) is 48.5 Å². The Morgan fingerprint density at radius 3 is 2.60 bits per heavy atom. The van der Waals surface area contributed by atoms with Crippen molar-refractivity contribution in [2.45, 2.75) is 12.5 Å². The first-order valence-corrected chi connectivity index (χ1v) is 8.52. The zero-order valence-corrected chi connectivity index (χ0v) is 14.2. The molecule has 5 nitrogen and oxygen atoms in total. The van der Waals surface area contributed by atoms with E-state index in [1.165, 1.54) is 10.1 Å². The van der Waals surface area contributed by atoms with Crippen LogP contribution in [0.2, 0.25) is 0 Å². The third-order valence-electron chi connectivity index (χ3n) is 4.53. The van der Waals surface area contributed by atoms with E-state index in [1.54, 1.807) is 0 Å². The van der Waals surface area contributed by atoms with E-state index >= 15 is 0 Å². The standard InChI is InChI=1S/C19H17N3O2S/c23-17-15(16-14-9-5-4-6-12(14)10-11-20-16)18(24)22(19(25)21-17)13-7-2-1-3-8-13/h1-9,16,20,24H,10-11H2,(H,21,23,25)/t16-/m0/s1. The Morgan fingerprint density at radius 2 is 1.80 bits per heavy atom. The van der Waals surface area contributed by atoms with Crippen molar-refractivity contribution in [1.82, 2.24) is 14.9 Å². The number of aromatic amines is 1. The smallest absolute Gasteiger partial charge is 0.260 e. The van der Waals surface area contributed by atoms with Crippen LogP contribution in [0.1, 0.15) is 22.7 Å². The van der Waals surface area contributed by atoms with Gasteiger partial charge in [0.15, 0.2) is 4.77 Å². The van der Waals surface area contributed by atoms with Gasteiger partial charge in [-0.25, -0.2) is 0 Å². The minimum absolute atomic E-state index is 0.130. The summed E-state index contributed by atoms with van der Waals surface area (Å²) in [5, 5.41) is 14.3. The van der Waals surface area contributed by atoms with Crippen LogP contribution in [0.3, 0.4) is 0 Å². The molecule has 0 unspecified atom stereocenters. The molecule has 1 aromatic heterocycles. The molecule has 0 bridgehead atoms. The molecule has 0 amide bonds. The highest BCUT2D eigenvalue weighted by molar-refractivity contribution is 7.71. The molecule has 126 valence electrons. The number of nitrogens with one attached hydrogen (secondary N) is 2. The fourth-order valence-corrected chi connectivity index (χ4v) is 3.66. The van der Waals surface area contributed by atoms with Gasteiger partial charge >= 0.3 is 0 Å². The monoisotopic (exact) mass is 351 g/mol. The molecule has 0 saturated heterocycles. The van der Waals surface area contributed by atoms with Crippen molar-refractivity contribution >= 4 is 12.2 Å². The van der Waals surface area contributed by atoms with Crippen LogP contribution in [0.25, 0.3) is 5.69 Å². The average molecular weight is 351 g/mol. The van der Waals surface area contributed by atoms with Crippen LogP contribution in [-0.2, 0) is 6.42 Å². The maximum absolute atomic E-state index is 12.6. The lowest BCUT2D eigenvalue weighted by atomic mass is 9.90. The Kier molecular flexibility index (Phi) is 3.99. The topological polar surface area (TPSA) is 70.0 Å². The minimum atomic E-state index is -0.376. The van der Waals surface area contributed by atoms with Crippen molar-refractivity contribution in [3.63, 3.8) is 0 Å². The minimum Gasteiger partial charge on any atom is -0.494 e. The molecular weight excluding hydrogens is 334 g/mol. The zero-order valence-electron chi connectivity index (χ0n) is 13.4. The maximum Gasteiger partial charge on any atom is 0.260 e. The molecule has 1 atom stereocenters. The number of benzene rings is 2. The van der Waals surface area contributed by atoms with Gasteiger partial charge in [-0.15, -0.1) is 0 Å². The number of rotatable bonds is 2. The lowest BCUT2D eigenvalue weighted by Crippen LogP contribution is -2.35.